The van der Waals surface area contributed by atoms with Crippen molar-refractivity contribution in [3.05, 3.63) is 206 Å². The molecule has 0 N–H and O–H groups in total. The predicted octanol–water partition coefficient (Wildman–Crippen LogP) is 13.1. The Balaban J connectivity index is 1.04. The van der Waals surface area contributed by atoms with Crippen molar-refractivity contribution in [2.75, 3.05) is 9.80 Å². The fraction of sp³-hybridized carbons (Fsp3) is 0. The number of hydrogen-bond acceptors (Lipinski definition) is 4. The Labute approximate surface area is 303 Å². The molecule has 0 atom stereocenters. The monoisotopic (exact) mass is 666 g/mol. The topological polar surface area (TPSA) is 32.3 Å². The maximum atomic E-state index is 5.04. The predicted molar refractivity (Wildman–Crippen MR) is 217 cm³/mol. The molecule has 0 aliphatic rings. The highest BCUT2D eigenvalue weighted by atomic mass is 15.1. The minimum atomic E-state index is 0.686. The first kappa shape index (κ1) is 31.0. The molecule has 9 aromatic rings. The third-order valence-electron chi connectivity index (χ3n) is 9.50. The third-order valence-corrected chi connectivity index (χ3v) is 9.50. The Bertz CT molecular complexity index is 2430. The van der Waals surface area contributed by atoms with E-state index in [-0.39, 0.29) is 0 Å². The molecule has 4 nitrogen and oxygen atoms in total. The average molecular weight is 667 g/mol. The van der Waals surface area contributed by atoms with Crippen LogP contribution in [-0.4, -0.2) is 9.97 Å². The molecule has 0 bridgehead atoms. The molecule has 52 heavy (non-hydrogen) atoms. The third kappa shape index (κ3) is 5.93. The summed E-state index contributed by atoms with van der Waals surface area (Å²) in [7, 11) is 0. The number of aromatic nitrogens is 2. The maximum absolute atomic E-state index is 5.04. The molecule has 0 aliphatic heterocycles. The molecule has 0 unspecified atom stereocenters. The van der Waals surface area contributed by atoms with Crippen LogP contribution in [0.25, 0.3) is 44.2 Å². The fourth-order valence-electron chi connectivity index (χ4n) is 7.01. The van der Waals surface area contributed by atoms with Gasteiger partial charge in [0.25, 0.3) is 0 Å². The van der Waals surface area contributed by atoms with Gasteiger partial charge in [-0.25, -0.2) is 9.97 Å². The van der Waals surface area contributed by atoms with Crippen molar-refractivity contribution in [2.24, 2.45) is 0 Å². The minimum absolute atomic E-state index is 0.686. The lowest BCUT2D eigenvalue weighted by Crippen LogP contribution is -2.10. The number of benzene rings is 8. The summed E-state index contributed by atoms with van der Waals surface area (Å²) in [4.78, 5) is 14.3. The minimum Gasteiger partial charge on any atom is -0.310 e. The van der Waals surface area contributed by atoms with Crippen molar-refractivity contribution in [1.29, 1.82) is 0 Å². The lowest BCUT2D eigenvalue weighted by atomic mass is 10.1. The highest BCUT2D eigenvalue weighted by Gasteiger charge is 2.17. The normalized spacial score (nSPS) is 11.1. The van der Waals surface area contributed by atoms with Crippen LogP contribution in [0.5, 0.6) is 0 Å². The Hall–Kier alpha value is -7.04. The molecule has 4 heteroatoms. The van der Waals surface area contributed by atoms with Crippen LogP contribution in [-0.2, 0) is 0 Å². The van der Waals surface area contributed by atoms with Gasteiger partial charge in [-0.2, -0.15) is 0 Å². The summed E-state index contributed by atoms with van der Waals surface area (Å²) in [5, 5.41) is 4.81. The first-order chi connectivity index (χ1) is 25.8. The zero-order valence-corrected chi connectivity index (χ0v) is 28.4. The van der Waals surface area contributed by atoms with Crippen molar-refractivity contribution in [3.8, 4) is 22.6 Å². The van der Waals surface area contributed by atoms with Crippen LogP contribution in [0.3, 0.4) is 0 Å². The number of hydrogen-bond donors (Lipinski definition) is 0. The second-order valence-electron chi connectivity index (χ2n) is 12.7. The molecule has 8 aromatic carbocycles. The van der Waals surface area contributed by atoms with E-state index in [0.717, 1.165) is 50.9 Å². The van der Waals surface area contributed by atoms with Crippen molar-refractivity contribution in [1.82, 2.24) is 9.97 Å². The summed E-state index contributed by atoms with van der Waals surface area (Å²) < 4.78 is 0. The van der Waals surface area contributed by atoms with Gasteiger partial charge in [-0.3, -0.25) is 0 Å². The Kier molecular flexibility index (Phi) is 8.16. The Morgan fingerprint density at radius 2 is 0.750 bits per heavy atom. The van der Waals surface area contributed by atoms with Gasteiger partial charge in [-0.15, -0.1) is 0 Å². The number of nitrogens with zero attached hydrogens (tertiary/aromatic N) is 4. The van der Waals surface area contributed by atoms with E-state index in [0.29, 0.717) is 5.82 Å². The quantitative estimate of drug-likeness (QED) is 0.162. The highest BCUT2D eigenvalue weighted by molar-refractivity contribution is 6.00. The summed E-state index contributed by atoms with van der Waals surface area (Å²) in [6.45, 7) is 0. The van der Waals surface area contributed by atoms with Gasteiger partial charge in [0.1, 0.15) is 0 Å². The highest BCUT2D eigenvalue weighted by Crippen LogP contribution is 2.41. The van der Waals surface area contributed by atoms with Crippen molar-refractivity contribution < 1.29 is 0 Å². The van der Waals surface area contributed by atoms with Crippen molar-refractivity contribution in [3.63, 3.8) is 0 Å². The van der Waals surface area contributed by atoms with Crippen molar-refractivity contribution in [2.45, 2.75) is 0 Å². The van der Waals surface area contributed by atoms with Gasteiger partial charge < -0.3 is 9.80 Å². The molecule has 246 valence electrons. The molecule has 0 saturated carbocycles. The number of rotatable bonds is 8. The zero-order valence-electron chi connectivity index (χ0n) is 28.4. The van der Waals surface area contributed by atoms with Gasteiger partial charge >= 0.3 is 0 Å². The molecule has 0 spiro atoms. The second-order valence-corrected chi connectivity index (χ2v) is 12.7. The summed E-state index contributed by atoms with van der Waals surface area (Å²) in [5.74, 6) is 0.686. The molecular weight excluding hydrogens is 633 g/mol. The summed E-state index contributed by atoms with van der Waals surface area (Å²) in [6.07, 6.45) is 1.85. The van der Waals surface area contributed by atoms with Gasteiger partial charge in [0.2, 0.25) is 0 Å². The Morgan fingerprint density at radius 3 is 1.27 bits per heavy atom. The fourth-order valence-corrected chi connectivity index (χ4v) is 7.01. The van der Waals surface area contributed by atoms with Gasteiger partial charge in [0, 0.05) is 50.8 Å². The van der Waals surface area contributed by atoms with E-state index >= 15 is 0 Å². The number of anilines is 6. The van der Waals surface area contributed by atoms with Crippen LogP contribution < -0.4 is 9.80 Å². The zero-order chi connectivity index (χ0) is 34.7. The van der Waals surface area contributed by atoms with Crippen LogP contribution >= 0.6 is 0 Å². The standard InChI is InChI=1S/C48H34N4/c1-3-17-39(18-4-1)51(46-23-11-15-35-13-7-9-21-43(35)46)41-29-25-37(26-30-41)45-33-34-49-48(50-45)38-27-31-42(32-28-38)52(40-19-5-2-6-20-40)47-24-12-16-36-14-8-10-22-44(36)47/h1-34H. The van der Waals surface area contributed by atoms with Gasteiger partial charge in [0.05, 0.1) is 17.1 Å². The average Bonchev–Trinajstić information content (AvgIpc) is 3.23. The van der Waals surface area contributed by atoms with E-state index < -0.39 is 0 Å². The number of para-hydroxylation sites is 2. The van der Waals surface area contributed by atoms with Crippen LogP contribution in [0.4, 0.5) is 34.1 Å². The first-order valence-corrected chi connectivity index (χ1v) is 17.5. The lowest BCUT2D eigenvalue weighted by Gasteiger charge is -2.27. The molecule has 1 heterocycles. The smallest absolute Gasteiger partial charge is 0.159 e. The largest absolute Gasteiger partial charge is 0.310 e. The van der Waals surface area contributed by atoms with E-state index in [2.05, 4.69) is 209 Å². The molecule has 0 fully saturated rings. The molecule has 1 aromatic heterocycles. The SMILES string of the molecule is c1ccc(N(c2ccc(-c3ccnc(-c4ccc(N(c5ccccc5)c5cccc6ccccc56)cc4)n3)cc2)c2cccc3ccccc23)cc1. The van der Waals surface area contributed by atoms with E-state index in [4.69, 9.17) is 4.98 Å². The van der Waals surface area contributed by atoms with Crippen LogP contribution in [0.1, 0.15) is 0 Å². The summed E-state index contributed by atoms with van der Waals surface area (Å²) in [5.41, 5.74) is 9.46. The first-order valence-electron chi connectivity index (χ1n) is 17.5. The lowest BCUT2D eigenvalue weighted by molar-refractivity contribution is 1.18. The molecule has 0 saturated heterocycles. The Morgan fingerprint density at radius 1 is 0.327 bits per heavy atom. The maximum Gasteiger partial charge on any atom is 0.159 e. The molecular formula is C48H34N4. The van der Waals surface area contributed by atoms with Crippen LogP contribution in [0.2, 0.25) is 0 Å². The van der Waals surface area contributed by atoms with E-state index in [1.807, 2.05) is 12.3 Å². The van der Waals surface area contributed by atoms with Gasteiger partial charge in [-0.05, 0) is 89.6 Å². The molecule has 0 aliphatic carbocycles. The number of fused-ring (bicyclic) bond motifs is 2. The van der Waals surface area contributed by atoms with Gasteiger partial charge in [0.15, 0.2) is 5.82 Å². The van der Waals surface area contributed by atoms with Crippen LogP contribution in [0, 0.1) is 0 Å². The summed E-state index contributed by atoms with van der Waals surface area (Å²) in [6, 6.07) is 70.2. The molecule has 9 rings (SSSR count). The van der Waals surface area contributed by atoms with Gasteiger partial charge in [-0.1, -0.05) is 121 Å². The van der Waals surface area contributed by atoms with E-state index in [1.165, 1.54) is 21.5 Å². The van der Waals surface area contributed by atoms with E-state index in [9.17, 15) is 0 Å². The second kappa shape index (κ2) is 13.7. The van der Waals surface area contributed by atoms with Crippen molar-refractivity contribution >= 4 is 55.7 Å². The summed E-state index contributed by atoms with van der Waals surface area (Å²) >= 11 is 0. The molecule has 0 amide bonds. The van der Waals surface area contributed by atoms with E-state index in [1.54, 1.807) is 0 Å². The molecule has 0 radical (unpaired) electrons. The van der Waals surface area contributed by atoms with Crippen LogP contribution in [0.15, 0.2) is 206 Å².